The van der Waals surface area contributed by atoms with Crippen LogP contribution in [0.4, 0.5) is 0 Å². The molecule has 0 bridgehead atoms. The summed E-state index contributed by atoms with van der Waals surface area (Å²) in [5, 5.41) is 7.09. The van der Waals surface area contributed by atoms with Gasteiger partial charge in [-0.3, -0.25) is 9.69 Å². The minimum Gasteiger partial charge on any atom is -0.354 e. The predicted octanol–water partition coefficient (Wildman–Crippen LogP) is 1.42. The smallest absolute Gasteiger partial charge is 0.221 e. The Hall–Kier alpha value is -0.910. The van der Waals surface area contributed by atoms with Crippen LogP contribution in [0, 0.1) is 0 Å². The van der Waals surface area contributed by atoms with Gasteiger partial charge in [0.05, 0.1) is 0 Å². The number of likely N-dealkylation sites (N-methyl/N-ethyl adjacent to an activating group) is 1. The molecule has 1 heterocycles. The first kappa shape index (κ1) is 15.1. The van der Waals surface area contributed by atoms with E-state index in [1.165, 1.54) is 5.56 Å². The Kier molecular flexibility index (Phi) is 6.32. The van der Waals surface area contributed by atoms with Crippen molar-refractivity contribution in [2.45, 2.75) is 38.9 Å². The molecule has 0 saturated carbocycles. The number of carbonyl (C=O) groups excluding carboxylic acids is 1. The molecule has 4 nitrogen and oxygen atoms in total. The van der Waals surface area contributed by atoms with Crippen molar-refractivity contribution < 1.29 is 4.79 Å². The van der Waals surface area contributed by atoms with Gasteiger partial charge in [0.1, 0.15) is 0 Å². The highest BCUT2D eigenvalue weighted by molar-refractivity contribution is 7.07. The van der Waals surface area contributed by atoms with Crippen LogP contribution in [0.15, 0.2) is 16.8 Å². The topological polar surface area (TPSA) is 58.4 Å². The molecule has 1 atom stereocenters. The van der Waals surface area contributed by atoms with Crippen LogP contribution in [0.1, 0.15) is 25.8 Å². The Morgan fingerprint density at radius 1 is 1.56 bits per heavy atom. The molecule has 1 rings (SSSR count). The number of thiophene rings is 1. The van der Waals surface area contributed by atoms with Gasteiger partial charge in [0, 0.05) is 31.6 Å². The Balaban J connectivity index is 2.46. The van der Waals surface area contributed by atoms with Crippen molar-refractivity contribution in [1.82, 2.24) is 10.2 Å². The van der Waals surface area contributed by atoms with E-state index in [-0.39, 0.29) is 18.0 Å². The normalized spacial score (nSPS) is 13.0. The van der Waals surface area contributed by atoms with E-state index in [0.29, 0.717) is 13.0 Å². The average Bonchev–Trinajstić information content (AvgIpc) is 2.77. The van der Waals surface area contributed by atoms with Crippen LogP contribution in [-0.4, -0.2) is 36.5 Å². The van der Waals surface area contributed by atoms with E-state index in [4.69, 9.17) is 5.73 Å². The number of nitrogens with zero attached hydrogens (tertiary/aromatic N) is 1. The molecule has 1 unspecified atom stereocenters. The number of hydrogen-bond donors (Lipinski definition) is 2. The van der Waals surface area contributed by atoms with Crippen molar-refractivity contribution in [3.8, 4) is 0 Å². The first-order valence-corrected chi connectivity index (χ1v) is 7.18. The molecule has 18 heavy (non-hydrogen) atoms. The number of nitrogens with two attached hydrogens (primary N) is 1. The summed E-state index contributed by atoms with van der Waals surface area (Å²) in [7, 11) is 2.01. The van der Waals surface area contributed by atoms with E-state index in [0.717, 1.165) is 6.54 Å². The maximum atomic E-state index is 11.7. The second-order valence-electron chi connectivity index (χ2n) is 4.86. The molecule has 0 aliphatic rings. The lowest BCUT2D eigenvalue weighted by atomic mass is 10.1. The highest BCUT2D eigenvalue weighted by Gasteiger charge is 2.17. The van der Waals surface area contributed by atoms with Gasteiger partial charge >= 0.3 is 0 Å². The van der Waals surface area contributed by atoms with Gasteiger partial charge in [-0.1, -0.05) is 0 Å². The summed E-state index contributed by atoms with van der Waals surface area (Å²) in [6, 6.07) is 2.37. The number of nitrogens with one attached hydrogen (secondary N) is 1. The molecule has 0 spiro atoms. The summed E-state index contributed by atoms with van der Waals surface area (Å²) in [6.45, 7) is 5.25. The molecular formula is C13H23N3OS. The number of rotatable bonds is 7. The summed E-state index contributed by atoms with van der Waals surface area (Å²) < 4.78 is 0. The molecule has 0 aliphatic carbocycles. The molecule has 0 aromatic carbocycles. The second-order valence-corrected chi connectivity index (χ2v) is 5.64. The molecule has 5 heteroatoms. The van der Waals surface area contributed by atoms with Crippen LogP contribution in [0.2, 0.25) is 0 Å². The number of amides is 1. The predicted molar refractivity (Wildman–Crippen MR) is 76.5 cm³/mol. The fourth-order valence-electron chi connectivity index (χ4n) is 1.81. The third-order valence-corrected chi connectivity index (χ3v) is 3.51. The third kappa shape index (κ3) is 5.16. The standard InChI is InChI=1S/C13H23N3OS/c1-10(2)15-13(17)6-12(7-14)16(3)8-11-4-5-18-9-11/h4-5,9-10,12H,6-8,14H2,1-3H3,(H,15,17). The molecule has 0 radical (unpaired) electrons. The summed E-state index contributed by atoms with van der Waals surface area (Å²) in [4.78, 5) is 13.9. The zero-order chi connectivity index (χ0) is 13.5. The summed E-state index contributed by atoms with van der Waals surface area (Å²) in [5.74, 6) is 0.0672. The average molecular weight is 269 g/mol. The molecule has 0 aliphatic heterocycles. The van der Waals surface area contributed by atoms with Gasteiger partial charge < -0.3 is 11.1 Å². The fourth-order valence-corrected chi connectivity index (χ4v) is 2.47. The first-order chi connectivity index (χ1) is 8.52. The maximum Gasteiger partial charge on any atom is 0.221 e. The molecular weight excluding hydrogens is 246 g/mol. The van der Waals surface area contributed by atoms with Gasteiger partial charge in [-0.25, -0.2) is 0 Å². The quantitative estimate of drug-likeness (QED) is 0.787. The van der Waals surface area contributed by atoms with Crippen LogP contribution in [0.3, 0.4) is 0 Å². The lowest BCUT2D eigenvalue weighted by Gasteiger charge is -2.26. The van der Waals surface area contributed by atoms with Crippen molar-refractivity contribution in [2.75, 3.05) is 13.6 Å². The largest absolute Gasteiger partial charge is 0.354 e. The van der Waals surface area contributed by atoms with Gasteiger partial charge in [0.15, 0.2) is 0 Å². The SMILES string of the molecule is CC(C)NC(=O)CC(CN)N(C)Cc1ccsc1. The monoisotopic (exact) mass is 269 g/mol. The Morgan fingerprint density at radius 2 is 2.28 bits per heavy atom. The number of carbonyl (C=O) groups is 1. The lowest BCUT2D eigenvalue weighted by molar-refractivity contribution is -0.122. The van der Waals surface area contributed by atoms with Crippen molar-refractivity contribution in [3.05, 3.63) is 22.4 Å². The highest BCUT2D eigenvalue weighted by atomic mass is 32.1. The van der Waals surface area contributed by atoms with Crippen LogP contribution >= 0.6 is 11.3 Å². The molecule has 0 saturated heterocycles. The zero-order valence-corrected chi connectivity index (χ0v) is 12.2. The van der Waals surface area contributed by atoms with E-state index in [1.54, 1.807) is 11.3 Å². The van der Waals surface area contributed by atoms with E-state index >= 15 is 0 Å². The Labute approximate surface area is 113 Å². The minimum atomic E-state index is 0.0672. The van der Waals surface area contributed by atoms with Crippen molar-refractivity contribution >= 4 is 17.2 Å². The Morgan fingerprint density at radius 3 is 2.78 bits per heavy atom. The third-order valence-electron chi connectivity index (χ3n) is 2.78. The zero-order valence-electron chi connectivity index (χ0n) is 11.3. The molecule has 3 N–H and O–H groups in total. The molecule has 1 amide bonds. The number of hydrogen-bond acceptors (Lipinski definition) is 4. The van der Waals surface area contributed by atoms with E-state index in [2.05, 4.69) is 27.0 Å². The molecule has 1 aromatic rings. The summed E-state index contributed by atoms with van der Waals surface area (Å²) in [6.07, 6.45) is 0.454. The van der Waals surface area contributed by atoms with Crippen LogP contribution in [-0.2, 0) is 11.3 Å². The fraction of sp³-hybridized carbons (Fsp3) is 0.615. The molecule has 102 valence electrons. The highest BCUT2D eigenvalue weighted by Crippen LogP contribution is 2.11. The van der Waals surface area contributed by atoms with Crippen molar-refractivity contribution in [3.63, 3.8) is 0 Å². The van der Waals surface area contributed by atoms with Crippen LogP contribution in [0.5, 0.6) is 0 Å². The lowest BCUT2D eigenvalue weighted by Crippen LogP contribution is -2.42. The van der Waals surface area contributed by atoms with Crippen molar-refractivity contribution in [1.29, 1.82) is 0 Å². The van der Waals surface area contributed by atoms with E-state index in [1.807, 2.05) is 20.9 Å². The van der Waals surface area contributed by atoms with Gasteiger partial charge in [-0.15, -0.1) is 0 Å². The van der Waals surface area contributed by atoms with Gasteiger partial charge in [0.25, 0.3) is 0 Å². The summed E-state index contributed by atoms with van der Waals surface area (Å²) >= 11 is 1.69. The van der Waals surface area contributed by atoms with Crippen LogP contribution in [0.25, 0.3) is 0 Å². The first-order valence-electron chi connectivity index (χ1n) is 6.23. The van der Waals surface area contributed by atoms with Gasteiger partial charge in [-0.05, 0) is 43.3 Å². The minimum absolute atomic E-state index is 0.0672. The molecule has 1 aromatic heterocycles. The Bertz CT molecular complexity index is 351. The maximum absolute atomic E-state index is 11.7. The molecule has 0 fully saturated rings. The van der Waals surface area contributed by atoms with Crippen molar-refractivity contribution in [2.24, 2.45) is 5.73 Å². The van der Waals surface area contributed by atoms with Crippen LogP contribution < -0.4 is 11.1 Å². The van der Waals surface area contributed by atoms with E-state index < -0.39 is 0 Å². The van der Waals surface area contributed by atoms with Gasteiger partial charge in [0.2, 0.25) is 5.91 Å². The van der Waals surface area contributed by atoms with Gasteiger partial charge in [-0.2, -0.15) is 11.3 Å². The second kappa shape index (κ2) is 7.51. The van der Waals surface area contributed by atoms with E-state index in [9.17, 15) is 4.79 Å². The summed E-state index contributed by atoms with van der Waals surface area (Å²) in [5.41, 5.74) is 7.03.